The number of nitrogens with one attached hydrogen (secondary N) is 1. The molecule has 0 spiro atoms. The van der Waals surface area contributed by atoms with E-state index in [4.69, 9.17) is 0 Å². The van der Waals surface area contributed by atoms with Crippen molar-refractivity contribution >= 4 is 0 Å². The molecule has 1 nitrogen and oxygen atoms in total. The molecule has 0 aromatic carbocycles. The Morgan fingerprint density at radius 3 is 2.24 bits per heavy atom. The van der Waals surface area contributed by atoms with Gasteiger partial charge in [0.15, 0.2) is 0 Å². The van der Waals surface area contributed by atoms with Crippen LogP contribution in [0, 0.1) is 23.7 Å². The van der Waals surface area contributed by atoms with Crippen molar-refractivity contribution in [3.63, 3.8) is 0 Å². The highest BCUT2D eigenvalue weighted by Gasteiger charge is 2.25. The molecule has 100 valence electrons. The van der Waals surface area contributed by atoms with Crippen LogP contribution < -0.4 is 5.32 Å². The van der Waals surface area contributed by atoms with Gasteiger partial charge >= 0.3 is 0 Å². The van der Waals surface area contributed by atoms with Gasteiger partial charge in [0.05, 0.1) is 0 Å². The summed E-state index contributed by atoms with van der Waals surface area (Å²) < 4.78 is 0. The Bertz CT molecular complexity index is 216. The molecule has 1 N–H and O–H groups in total. The highest BCUT2D eigenvalue weighted by atomic mass is 14.9. The maximum atomic E-state index is 3.84. The number of rotatable bonds is 4. The van der Waals surface area contributed by atoms with Gasteiger partial charge in [-0.1, -0.05) is 27.2 Å². The summed E-state index contributed by atoms with van der Waals surface area (Å²) in [5, 5.41) is 3.84. The van der Waals surface area contributed by atoms with Crippen LogP contribution in [-0.4, -0.2) is 12.6 Å². The lowest BCUT2D eigenvalue weighted by Gasteiger charge is -2.32. The summed E-state index contributed by atoms with van der Waals surface area (Å²) in [5.74, 6) is 3.86. The van der Waals surface area contributed by atoms with Crippen LogP contribution in [0.2, 0.25) is 0 Å². The summed E-state index contributed by atoms with van der Waals surface area (Å²) in [6.07, 6.45) is 10.2. The van der Waals surface area contributed by atoms with Gasteiger partial charge in [0.25, 0.3) is 0 Å². The Labute approximate surface area is 108 Å². The fourth-order valence-corrected chi connectivity index (χ4v) is 3.83. The predicted molar refractivity (Wildman–Crippen MR) is 75.1 cm³/mol. The zero-order valence-electron chi connectivity index (χ0n) is 12.0. The van der Waals surface area contributed by atoms with Crippen LogP contribution in [-0.2, 0) is 0 Å². The van der Waals surface area contributed by atoms with Crippen molar-refractivity contribution in [1.29, 1.82) is 0 Å². The molecule has 17 heavy (non-hydrogen) atoms. The molecule has 0 radical (unpaired) electrons. The smallest absolute Gasteiger partial charge is 0.00673 e. The van der Waals surface area contributed by atoms with E-state index in [1.54, 1.807) is 0 Å². The van der Waals surface area contributed by atoms with Gasteiger partial charge in [-0.15, -0.1) is 0 Å². The van der Waals surface area contributed by atoms with Crippen molar-refractivity contribution in [2.75, 3.05) is 6.54 Å². The van der Waals surface area contributed by atoms with Crippen molar-refractivity contribution in [1.82, 2.24) is 5.32 Å². The predicted octanol–water partition coefficient (Wildman–Crippen LogP) is 4.23. The summed E-state index contributed by atoms with van der Waals surface area (Å²) in [6, 6.07) is 0.834. The second-order valence-corrected chi connectivity index (χ2v) is 7.05. The molecule has 2 saturated carbocycles. The highest BCUT2D eigenvalue weighted by molar-refractivity contribution is 4.81. The molecule has 2 unspecified atom stereocenters. The largest absolute Gasteiger partial charge is 0.314 e. The van der Waals surface area contributed by atoms with Crippen molar-refractivity contribution in [3.05, 3.63) is 0 Å². The molecule has 0 saturated heterocycles. The van der Waals surface area contributed by atoms with Gasteiger partial charge in [0.1, 0.15) is 0 Å². The SMILES string of the molecule is CC1CCC(CNC2CCC(C(C)C)CC2)C1. The fraction of sp³-hybridized carbons (Fsp3) is 1.00. The first-order valence-electron chi connectivity index (χ1n) is 7.88. The molecule has 2 aliphatic rings. The number of hydrogen-bond acceptors (Lipinski definition) is 1. The first kappa shape index (κ1) is 13.4. The molecule has 0 heterocycles. The van der Waals surface area contributed by atoms with E-state index in [-0.39, 0.29) is 0 Å². The van der Waals surface area contributed by atoms with E-state index in [0.29, 0.717) is 0 Å². The summed E-state index contributed by atoms with van der Waals surface area (Å²) in [7, 11) is 0. The van der Waals surface area contributed by atoms with Gasteiger partial charge in [-0.3, -0.25) is 0 Å². The Morgan fingerprint density at radius 1 is 1.00 bits per heavy atom. The minimum atomic E-state index is 0.834. The minimum Gasteiger partial charge on any atom is -0.314 e. The highest BCUT2D eigenvalue weighted by Crippen LogP contribution is 2.32. The van der Waals surface area contributed by atoms with Gasteiger partial charge in [-0.05, 0) is 68.7 Å². The zero-order valence-corrected chi connectivity index (χ0v) is 12.0. The summed E-state index contributed by atoms with van der Waals surface area (Å²) >= 11 is 0. The molecule has 0 aromatic rings. The monoisotopic (exact) mass is 237 g/mol. The average molecular weight is 237 g/mol. The van der Waals surface area contributed by atoms with Crippen LogP contribution in [0.5, 0.6) is 0 Å². The van der Waals surface area contributed by atoms with Gasteiger partial charge < -0.3 is 5.32 Å². The third-order valence-electron chi connectivity index (χ3n) is 5.21. The lowest BCUT2D eigenvalue weighted by molar-refractivity contribution is 0.233. The second kappa shape index (κ2) is 6.22. The summed E-state index contributed by atoms with van der Waals surface area (Å²) in [4.78, 5) is 0. The van der Waals surface area contributed by atoms with Crippen molar-refractivity contribution in [2.45, 2.75) is 71.8 Å². The maximum Gasteiger partial charge on any atom is 0.00673 e. The van der Waals surface area contributed by atoms with Crippen molar-refractivity contribution < 1.29 is 0 Å². The molecule has 2 fully saturated rings. The van der Waals surface area contributed by atoms with Gasteiger partial charge in [-0.25, -0.2) is 0 Å². The molecule has 0 aromatic heterocycles. The van der Waals surface area contributed by atoms with Gasteiger partial charge in [-0.2, -0.15) is 0 Å². The third-order valence-corrected chi connectivity index (χ3v) is 5.21. The van der Waals surface area contributed by atoms with Crippen LogP contribution in [0.1, 0.15) is 65.7 Å². The molecule has 2 rings (SSSR count). The minimum absolute atomic E-state index is 0.834. The molecular formula is C16H31N. The van der Waals surface area contributed by atoms with E-state index in [0.717, 1.165) is 29.7 Å². The molecule has 0 bridgehead atoms. The lowest BCUT2D eigenvalue weighted by Crippen LogP contribution is -2.36. The van der Waals surface area contributed by atoms with E-state index in [1.165, 1.54) is 51.5 Å². The quantitative estimate of drug-likeness (QED) is 0.771. The van der Waals surface area contributed by atoms with Crippen LogP contribution in [0.25, 0.3) is 0 Å². The molecule has 0 aliphatic heterocycles. The van der Waals surface area contributed by atoms with E-state index < -0.39 is 0 Å². The molecule has 2 aliphatic carbocycles. The first-order chi connectivity index (χ1) is 8.15. The lowest BCUT2D eigenvalue weighted by atomic mass is 9.79. The van der Waals surface area contributed by atoms with Gasteiger partial charge in [0.2, 0.25) is 0 Å². The van der Waals surface area contributed by atoms with E-state index in [9.17, 15) is 0 Å². The topological polar surface area (TPSA) is 12.0 Å². The third kappa shape index (κ3) is 3.98. The van der Waals surface area contributed by atoms with Crippen LogP contribution in [0.15, 0.2) is 0 Å². The number of hydrogen-bond donors (Lipinski definition) is 1. The fourth-order valence-electron chi connectivity index (χ4n) is 3.83. The standard InChI is InChI=1S/C16H31N/c1-12(2)15-6-8-16(9-7-15)17-11-14-5-4-13(3)10-14/h12-17H,4-11H2,1-3H3. The Balaban J connectivity index is 1.61. The van der Waals surface area contributed by atoms with Crippen molar-refractivity contribution in [3.8, 4) is 0 Å². The van der Waals surface area contributed by atoms with Crippen LogP contribution >= 0.6 is 0 Å². The second-order valence-electron chi connectivity index (χ2n) is 7.05. The van der Waals surface area contributed by atoms with Gasteiger partial charge in [0, 0.05) is 6.04 Å². The zero-order chi connectivity index (χ0) is 12.3. The van der Waals surface area contributed by atoms with E-state index in [2.05, 4.69) is 26.1 Å². The molecular weight excluding hydrogens is 206 g/mol. The first-order valence-corrected chi connectivity index (χ1v) is 7.88. The Hall–Kier alpha value is -0.0400. The van der Waals surface area contributed by atoms with Crippen LogP contribution in [0.3, 0.4) is 0 Å². The summed E-state index contributed by atoms with van der Waals surface area (Å²) in [6.45, 7) is 8.48. The molecule has 1 heteroatoms. The maximum absolute atomic E-state index is 3.84. The van der Waals surface area contributed by atoms with Crippen molar-refractivity contribution in [2.24, 2.45) is 23.7 Å². The Morgan fingerprint density at radius 2 is 1.71 bits per heavy atom. The molecule has 0 amide bonds. The average Bonchev–Trinajstić information content (AvgIpc) is 2.73. The summed E-state index contributed by atoms with van der Waals surface area (Å²) in [5.41, 5.74) is 0. The van der Waals surface area contributed by atoms with E-state index in [1.807, 2.05) is 0 Å². The molecule has 2 atom stereocenters. The van der Waals surface area contributed by atoms with Crippen LogP contribution in [0.4, 0.5) is 0 Å². The Kier molecular flexibility index (Phi) is 4.90. The van der Waals surface area contributed by atoms with E-state index >= 15 is 0 Å². The normalized spacial score (nSPS) is 38.8.